The van der Waals surface area contributed by atoms with Crippen molar-refractivity contribution in [2.45, 2.75) is 18.9 Å². The van der Waals surface area contributed by atoms with Crippen LogP contribution < -0.4 is 4.74 Å². The number of aliphatic hydroxyl groups is 1. The predicted molar refractivity (Wildman–Crippen MR) is 84.6 cm³/mol. The van der Waals surface area contributed by atoms with E-state index in [-0.39, 0.29) is 5.69 Å². The van der Waals surface area contributed by atoms with Crippen LogP contribution in [0.25, 0.3) is 0 Å². The van der Waals surface area contributed by atoms with Crippen LogP contribution in [0, 0.1) is 10.1 Å². The molecule has 0 aliphatic rings. The Morgan fingerprint density at radius 3 is 2.30 bits per heavy atom. The Kier molecular flexibility index (Phi) is 5.08. The SMILES string of the molecule is COc1ccc(C(c2ccccc2[N+](=O)[O-])C(O)C(C)=O)cc1. The number of para-hydroxylation sites is 1. The fourth-order valence-corrected chi connectivity index (χ4v) is 2.49. The third-order valence-electron chi connectivity index (χ3n) is 3.68. The highest BCUT2D eigenvalue weighted by atomic mass is 16.6. The second kappa shape index (κ2) is 7.02. The van der Waals surface area contributed by atoms with Gasteiger partial charge in [0.05, 0.1) is 12.0 Å². The summed E-state index contributed by atoms with van der Waals surface area (Å²) < 4.78 is 5.09. The first-order valence-corrected chi connectivity index (χ1v) is 7.01. The molecule has 0 aliphatic carbocycles. The zero-order chi connectivity index (χ0) is 17.0. The van der Waals surface area contributed by atoms with Gasteiger partial charge in [-0.05, 0) is 24.6 Å². The Labute approximate surface area is 133 Å². The summed E-state index contributed by atoms with van der Waals surface area (Å²) in [5, 5.41) is 21.6. The summed E-state index contributed by atoms with van der Waals surface area (Å²) in [5.41, 5.74) is 0.766. The highest BCUT2D eigenvalue weighted by Crippen LogP contribution is 2.35. The summed E-state index contributed by atoms with van der Waals surface area (Å²) in [7, 11) is 1.53. The van der Waals surface area contributed by atoms with Crippen molar-refractivity contribution in [3.63, 3.8) is 0 Å². The molecule has 0 bridgehead atoms. The number of hydrogen-bond acceptors (Lipinski definition) is 5. The van der Waals surface area contributed by atoms with Crippen molar-refractivity contribution in [3.8, 4) is 5.75 Å². The van der Waals surface area contributed by atoms with E-state index in [1.165, 1.54) is 20.1 Å². The van der Waals surface area contributed by atoms with Gasteiger partial charge in [0.2, 0.25) is 0 Å². The smallest absolute Gasteiger partial charge is 0.273 e. The lowest BCUT2D eigenvalue weighted by atomic mass is 9.84. The van der Waals surface area contributed by atoms with Crippen molar-refractivity contribution in [2.24, 2.45) is 0 Å². The number of nitro benzene ring substituents is 1. The molecule has 0 aliphatic heterocycles. The maximum atomic E-state index is 11.7. The molecule has 6 nitrogen and oxygen atoms in total. The van der Waals surface area contributed by atoms with Crippen LogP contribution in [0.15, 0.2) is 48.5 Å². The van der Waals surface area contributed by atoms with Gasteiger partial charge in [-0.25, -0.2) is 0 Å². The van der Waals surface area contributed by atoms with Crippen molar-refractivity contribution in [3.05, 3.63) is 69.8 Å². The lowest BCUT2D eigenvalue weighted by Crippen LogP contribution is -2.27. The Morgan fingerprint density at radius 2 is 1.78 bits per heavy atom. The molecule has 0 amide bonds. The number of rotatable bonds is 6. The van der Waals surface area contributed by atoms with Crippen LogP contribution in [0.2, 0.25) is 0 Å². The van der Waals surface area contributed by atoms with E-state index in [1.54, 1.807) is 42.5 Å². The monoisotopic (exact) mass is 315 g/mol. The first kappa shape index (κ1) is 16.6. The molecule has 0 heterocycles. The van der Waals surface area contributed by atoms with Gasteiger partial charge in [0.25, 0.3) is 5.69 Å². The minimum atomic E-state index is -1.37. The van der Waals surface area contributed by atoms with Crippen molar-refractivity contribution in [2.75, 3.05) is 7.11 Å². The van der Waals surface area contributed by atoms with E-state index >= 15 is 0 Å². The number of Topliss-reactive ketones (excluding diaryl/α,β-unsaturated/α-hetero) is 1. The molecule has 0 radical (unpaired) electrons. The number of ketones is 1. The van der Waals surface area contributed by atoms with Crippen LogP contribution in [0.1, 0.15) is 24.0 Å². The molecule has 1 N–H and O–H groups in total. The molecule has 2 atom stereocenters. The van der Waals surface area contributed by atoms with Gasteiger partial charge < -0.3 is 9.84 Å². The molecule has 2 unspecified atom stereocenters. The molecule has 23 heavy (non-hydrogen) atoms. The van der Waals surface area contributed by atoms with Crippen molar-refractivity contribution >= 4 is 11.5 Å². The van der Waals surface area contributed by atoms with Crippen LogP contribution in [-0.2, 0) is 4.79 Å². The van der Waals surface area contributed by atoms with Gasteiger partial charge in [-0.3, -0.25) is 14.9 Å². The maximum Gasteiger partial charge on any atom is 0.273 e. The molecule has 2 aromatic rings. The standard InChI is InChI=1S/C17H17NO5/c1-11(19)17(20)16(12-7-9-13(23-2)10-8-12)14-5-3-4-6-15(14)18(21)22/h3-10,16-17,20H,1-2H3. The number of methoxy groups -OCH3 is 1. The fraction of sp³-hybridized carbons (Fsp3) is 0.235. The third-order valence-corrected chi connectivity index (χ3v) is 3.68. The molecular weight excluding hydrogens is 298 g/mol. The van der Waals surface area contributed by atoms with Gasteiger partial charge in [0.1, 0.15) is 11.9 Å². The normalized spacial score (nSPS) is 13.2. The summed E-state index contributed by atoms with van der Waals surface area (Å²) in [6.45, 7) is 1.26. The molecule has 120 valence electrons. The number of carbonyl (C=O) groups is 1. The number of aliphatic hydroxyl groups excluding tert-OH is 1. The lowest BCUT2D eigenvalue weighted by molar-refractivity contribution is -0.385. The second-order valence-electron chi connectivity index (χ2n) is 5.12. The Balaban J connectivity index is 2.59. The number of benzene rings is 2. The van der Waals surface area contributed by atoms with Gasteiger partial charge in [-0.1, -0.05) is 30.3 Å². The van der Waals surface area contributed by atoms with Gasteiger partial charge in [0.15, 0.2) is 5.78 Å². The topological polar surface area (TPSA) is 89.7 Å². The molecular formula is C17H17NO5. The number of carbonyl (C=O) groups excluding carboxylic acids is 1. The van der Waals surface area contributed by atoms with Crippen molar-refractivity contribution in [1.82, 2.24) is 0 Å². The Hall–Kier alpha value is -2.73. The number of ether oxygens (including phenoxy) is 1. The molecule has 0 fully saturated rings. The number of hydrogen-bond donors (Lipinski definition) is 1. The third kappa shape index (κ3) is 3.54. The molecule has 2 rings (SSSR count). The summed E-state index contributed by atoms with van der Waals surface area (Å²) in [4.78, 5) is 22.4. The fourth-order valence-electron chi connectivity index (χ4n) is 2.49. The average Bonchev–Trinajstić information content (AvgIpc) is 2.55. The first-order valence-electron chi connectivity index (χ1n) is 7.01. The molecule has 0 aromatic heterocycles. The summed E-state index contributed by atoms with van der Waals surface area (Å²) in [6.07, 6.45) is -1.37. The second-order valence-corrected chi connectivity index (χ2v) is 5.12. The van der Waals surface area contributed by atoms with Crippen molar-refractivity contribution in [1.29, 1.82) is 0 Å². The van der Waals surface area contributed by atoms with Gasteiger partial charge in [-0.2, -0.15) is 0 Å². The van der Waals surface area contributed by atoms with Gasteiger partial charge >= 0.3 is 0 Å². The minimum absolute atomic E-state index is 0.131. The van der Waals surface area contributed by atoms with Crippen molar-refractivity contribution < 1.29 is 19.6 Å². The largest absolute Gasteiger partial charge is 0.497 e. The van der Waals surface area contributed by atoms with E-state index in [0.29, 0.717) is 16.9 Å². The minimum Gasteiger partial charge on any atom is -0.497 e. The maximum absolute atomic E-state index is 11.7. The molecule has 0 saturated heterocycles. The predicted octanol–water partition coefficient (Wildman–Crippen LogP) is 2.69. The van der Waals surface area contributed by atoms with Gasteiger partial charge in [-0.15, -0.1) is 0 Å². The quantitative estimate of drug-likeness (QED) is 0.654. The summed E-state index contributed by atoms with van der Waals surface area (Å²) in [5.74, 6) is -0.656. The first-order chi connectivity index (χ1) is 11.0. The Bertz CT molecular complexity index is 711. The van der Waals surface area contributed by atoms with Crippen LogP contribution in [0.4, 0.5) is 5.69 Å². The highest BCUT2D eigenvalue weighted by Gasteiger charge is 2.31. The van der Waals surface area contributed by atoms with Crippen LogP contribution in [-0.4, -0.2) is 29.0 Å². The van der Waals surface area contributed by atoms with E-state index < -0.39 is 22.7 Å². The Morgan fingerprint density at radius 1 is 1.17 bits per heavy atom. The number of nitro groups is 1. The average molecular weight is 315 g/mol. The molecule has 6 heteroatoms. The van der Waals surface area contributed by atoms with E-state index in [0.717, 1.165) is 0 Å². The van der Waals surface area contributed by atoms with E-state index in [1.807, 2.05) is 0 Å². The molecule has 0 saturated carbocycles. The van der Waals surface area contributed by atoms with Crippen LogP contribution >= 0.6 is 0 Å². The van der Waals surface area contributed by atoms with Gasteiger partial charge in [0, 0.05) is 17.5 Å². The zero-order valence-corrected chi connectivity index (χ0v) is 12.8. The summed E-state index contributed by atoms with van der Waals surface area (Å²) >= 11 is 0. The lowest BCUT2D eigenvalue weighted by Gasteiger charge is -2.22. The van der Waals surface area contributed by atoms with Crippen LogP contribution in [0.5, 0.6) is 5.75 Å². The van der Waals surface area contributed by atoms with Crippen LogP contribution in [0.3, 0.4) is 0 Å². The highest BCUT2D eigenvalue weighted by molar-refractivity contribution is 5.82. The van der Waals surface area contributed by atoms with E-state index in [2.05, 4.69) is 0 Å². The number of nitrogens with zero attached hydrogens (tertiary/aromatic N) is 1. The van der Waals surface area contributed by atoms with E-state index in [9.17, 15) is 20.0 Å². The summed E-state index contributed by atoms with van der Waals surface area (Å²) in [6, 6.07) is 12.9. The zero-order valence-electron chi connectivity index (χ0n) is 12.8. The molecule has 2 aromatic carbocycles. The van der Waals surface area contributed by atoms with E-state index in [4.69, 9.17) is 4.74 Å². The molecule has 0 spiro atoms.